The molecule has 0 fully saturated rings. The summed E-state index contributed by atoms with van der Waals surface area (Å²) in [5.41, 5.74) is 0.0214. The van der Waals surface area contributed by atoms with E-state index < -0.39 is 0 Å². The molecule has 0 radical (unpaired) electrons. The van der Waals surface area contributed by atoms with Gasteiger partial charge >= 0.3 is 0 Å². The fraction of sp³-hybridized carbons (Fsp3) is 0.500. The standard InChI is InChI=1S/C10H15NO2/c1-9(12)5-4-8-11-7-3-2-6-10(11)13/h2-3,6-7,9,12H,4-5,8H2,1H3. The van der Waals surface area contributed by atoms with Crippen molar-refractivity contribution in [3.63, 3.8) is 0 Å². The van der Waals surface area contributed by atoms with Crippen LogP contribution in [0.4, 0.5) is 0 Å². The molecule has 0 saturated carbocycles. The summed E-state index contributed by atoms with van der Waals surface area (Å²) in [7, 11) is 0. The van der Waals surface area contributed by atoms with Gasteiger partial charge in [0, 0.05) is 18.8 Å². The second kappa shape index (κ2) is 4.82. The molecule has 1 rings (SSSR count). The monoisotopic (exact) mass is 181 g/mol. The SMILES string of the molecule is CC(O)CCCn1ccccc1=O. The van der Waals surface area contributed by atoms with Crippen molar-refractivity contribution in [2.45, 2.75) is 32.4 Å². The van der Waals surface area contributed by atoms with Crippen LogP contribution in [0.25, 0.3) is 0 Å². The van der Waals surface area contributed by atoms with E-state index in [1.807, 2.05) is 6.07 Å². The van der Waals surface area contributed by atoms with Gasteiger partial charge < -0.3 is 9.67 Å². The lowest BCUT2D eigenvalue weighted by Crippen LogP contribution is -2.18. The van der Waals surface area contributed by atoms with Gasteiger partial charge in [-0.05, 0) is 25.8 Å². The van der Waals surface area contributed by atoms with Crippen LogP contribution in [-0.2, 0) is 6.54 Å². The highest BCUT2D eigenvalue weighted by Crippen LogP contribution is 1.97. The summed E-state index contributed by atoms with van der Waals surface area (Å²) in [5.74, 6) is 0. The second-order valence-electron chi connectivity index (χ2n) is 3.22. The minimum atomic E-state index is -0.278. The van der Waals surface area contributed by atoms with Crippen LogP contribution in [0.1, 0.15) is 19.8 Å². The van der Waals surface area contributed by atoms with E-state index in [4.69, 9.17) is 5.11 Å². The topological polar surface area (TPSA) is 42.2 Å². The number of nitrogens with zero attached hydrogens (tertiary/aromatic N) is 1. The molecule has 0 aliphatic carbocycles. The highest BCUT2D eigenvalue weighted by molar-refractivity contribution is 4.92. The first-order valence-electron chi connectivity index (χ1n) is 4.53. The third-order valence-electron chi connectivity index (χ3n) is 1.92. The molecule has 0 aliphatic heterocycles. The molecule has 3 nitrogen and oxygen atoms in total. The lowest BCUT2D eigenvalue weighted by atomic mass is 10.2. The Morgan fingerprint density at radius 3 is 2.92 bits per heavy atom. The van der Waals surface area contributed by atoms with E-state index in [2.05, 4.69) is 0 Å². The molecule has 1 heterocycles. The number of pyridine rings is 1. The van der Waals surface area contributed by atoms with E-state index in [0.29, 0.717) is 6.54 Å². The van der Waals surface area contributed by atoms with Crippen molar-refractivity contribution < 1.29 is 5.11 Å². The molecular weight excluding hydrogens is 166 g/mol. The van der Waals surface area contributed by atoms with Gasteiger partial charge in [-0.1, -0.05) is 6.07 Å². The molecule has 0 saturated heterocycles. The maximum atomic E-state index is 11.2. The zero-order valence-corrected chi connectivity index (χ0v) is 7.81. The van der Waals surface area contributed by atoms with E-state index in [1.165, 1.54) is 0 Å². The Morgan fingerprint density at radius 1 is 1.54 bits per heavy atom. The van der Waals surface area contributed by atoms with Crippen molar-refractivity contribution in [1.82, 2.24) is 4.57 Å². The second-order valence-corrected chi connectivity index (χ2v) is 3.22. The van der Waals surface area contributed by atoms with Gasteiger partial charge in [-0.2, -0.15) is 0 Å². The maximum absolute atomic E-state index is 11.2. The Labute approximate surface area is 77.6 Å². The van der Waals surface area contributed by atoms with Gasteiger partial charge in [-0.25, -0.2) is 0 Å². The number of hydrogen-bond acceptors (Lipinski definition) is 2. The van der Waals surface area contributed by atoms with E-state index in [9.17, 15) is 4.79 Å². The molecule has 1 aromatic rings. The number of aryl methyl sites for hydroxylation is 1. The van der Waals surface area contributed by atoms with Gasteiger partial charge in [0.25, 0.3) is 0 Å². The van der Waals surface area contributed by atoms with Crippen LogP contribution >= 0.6 is 0 Å². The fourth-order valence-corrected chi connectivity index (χ4v) is 1.20. The summed E-state index contributed by atoms with van der Waals surface area (Å²) in [6, 6.07) is 5.11. The predicted molar refractivity (Wildman–Crippen MR) is 51.6 cm³/mol. The van der Waals surface area contributed by atoms with E-state index in [0.717, 1.165) is 12.8 Å². The molecule has 0 aromatic carbocycles. The first kappa shape index (κ1) is 9.99. The molecule has 13 heavy (non-hydrogen) atoms. The van der Waals surface area contributed by atoms with Crippen molar-refractivity contribution in [3.05, 3.63) is 34.7 Å². The Kier molecular flexibility index (Phi) is 3.71. The number of aliphatic hydroxyl groups is 1. The van der Waals surface area contributed by atoms with Crippen LogP contribution in [0, 0.1) is 0 Å². The van der Waals surface area contributed by atoms with Gasteiger partial charge in [0.05, 0.1) is 6.10 Å². The van der Waals surface area contributed by atoms with E-state index in [1.54, 1.807) is 29.8 Å². The molecule has 1 atom stereocenters. The van der Waals surface area contributed by atoms with Crippen LogP contribution in [-0.4, -0.2) is 15.8 Å². The predicted octanol–water partition coefficient (Wildman–Crippen LogP) is 1.01. The zero-order valence-electron chi connectivity index (χ0n) is 7.81. The Morgan fingerprint density at radius 2 is 2.31 bits per heavy atom. The van der Waals surface area contributed by atoms with Crippen molar-refractivity contribution in [3.8, 4) is 0 Å². The summed E-state index contributed by atoms with van der Waals surface area (Å²) in [5, 5.41) is 9.01. The van der Waals surface area contributed by atoms with Gasteiger partial charge in [0.1, 0.15) is 0 Å². The van der Waals surface area contributed by atoms with Crippen molar-refractivity contribution in [2.24, 2.45) is 0 Å². The largest absolute Gasteiger partial charge is 0.393 e. The molecule has 1 unspecified atom stereocenters. The van der Waals surface area contributed by atoms with E-state index in [-0.39, 0.29) is 11.7 Å². The van der Waals surface area contributed by atoms with Crippen molar-refractivity contribution in [2.75, 3.05) is 0 Å². The molecule has 0 aliphatic rings. The lowest BCUT2D eigenvalue weighted by molar-refractivity contribution is 0.179. The number of aliphatic hydroxyl groups excluding tert-OH is 1. The quantitative estimate of drug-likeness (QED) is 0.753. The minimum absolute atomic E-state index is 0.0214. The summed E-state index contributed by atoms with van der Waals surface area (Å²) < 4.78 is 1.66. The third-order valence-corrected chi connectivity index (χ3v) is 1.92. The van der Waals surface area contributed by atoms with Gasteiger partial charge in [-0.3, -0.25) is 4.79 Å². The number of hydrogen-bond donors (Lipinski definition) is 1. The van der Waals surface area contributed by atoms with Crippen LogP contribution in [0.3, 0.4) is 0 Å². The molecular formula is C10H15NO2. The first-order chi connectivity index (χ1) is 6.20. The van der Waals surface area contributed by atoms with Gasteiger partial charge in [0.2, 0.25) is 5.56 Å². The Balaban J connectivity index is 2.46. The molecule has 72 valence electrons. The average Bonchev–Trinajstić information content (AvgIpc) is 2.08. The highest BCUT2D eigenvalue weighted by Gasteiger charge is 1.97. The van der Waals surface area contributed by atoms with Crippen molar-refractivity contribution >= 4 is 0 Å². The van der Waals surface area contributed by atoms with Gasteiger partial charge in [0.15, 0.2) is 0 Å². The molecule has 3 heteroatoms. The summed E-state index contributed by atoms with van der Waals surface area (Å²) >= 11 is 0. The van der Waals surface area contributed by atoms with Crippen LogP contribution in [0.2, 0.25) is 0 Å². The minimum Gasteiger partial charge on any atom is -0.393 e. The first-order valence-corrected chi connectivity index (χ1v) is 4.53. The van der Waals surface area contributed by atoms with Crippen LogP contribution < -0.4 is 5.56 Å². The molecule has 1 aromatic heterocycles. The summed E-state index contributed by atoms with van der Waals surface area (Å²) in [4.78, 5) is 11.2. The molecule has 1 N–H and O–H groups in total. The van der Waals surface area contributed by atoms with Crippen LogP contribution in [0.15, 0.2) is 29.2 Å². The summed E-state index contributed by atoms with van der Waals surface area (Å²) in [6.45, 7) is 2.44. The third kappa shape index (κ3) is 3.42. The maximum Gasteiger partial charge on any atom is 0.250 e. The molecule has 0 spiro atoms. The number of rotatable bonds is 4. The smallest absolute Gasteiger partial charge is 0.250 e. The fourth-order valence-electron chi connectivity index (χ4n) is 1.20. The molecule has 0 amide bonds. The Bertz CT molecular complexity index is 304. The Hall–Kier alpha value is -1.09. The lowest BCUT2D eigenvalue weighted by Gasteiger charge is -2.05. The normalized spacial score (nSPS) is 12.8. The highest BCUT2D eigenvalue weighted by atomic mass is 16.3. The van der Waals surface area contributed by atoms with E-state index >= 15 is 0 Å². The number of aromatic nitrogens is 1. The van der Waals surface area contributed by atoms with Crippen molar-refractivity contribution in [1.29, 1.82) is 0 Å². The van der Waals surface area contributed by atoms with Crippen LogP contribution in [0.5, 0.6) is 0 Å². The molecule has 0 bridgehead atoms. The average molecular weight is 181 g/mol. The van der Waals surface area contributed by atoms with Gasteiger partial charge in [-0.15, -0.1) is 0 Å². The summed E-state index contributed by atoms with van der Waals surface area (Å²) in [6.07, 6.45) is 3.06. The zero-order chi connectivity index (χ0) is 9.68.